The summed E-state index contributed by atoms with van der Waals surface area (Å²) in [7, 11) is 0. The molecule has 0 aliphatic carbocycles. The van der Waals surface area contributed by atoms with Crippen molar-refractivity contribution in [3.8, 4) is 0 Å². The van der Waals surface area contributed by atoms with E-state index in [1.54, 1.807) is 0 Å². The van der Waals surface area contributed by atoms with Gasteiger partial charge in [0.15, 0.2) is 5.13 Å². The summed E-state index contributed by atoms with van der Waals surface area (Å²) in [5, 5.41) is 14.0. The van der Waals surface area contributed by atoms with Gasteiger partial charge >= 0.3 is 0 Å². The van der Waals surface area contributed by atoms with E-state index in [0.29, 0.717) is 5.13 Å². The molecule has 1 heterocycles. The van der Waals surface area contributed by atoms with Crippen LogP contribution in [0.2, 0.25) is 0 Å². The van der Waals surface area contributed by atoms with Gasteiger partial charge in [-0.3, -0.25) is 20.2 Å². The molecule has 1 aromatic heterocycles. The molecule has 1 N–H and O–H groups in total. The predicted molar refractivity (Wildman–Crippen MR) is 90.1 cm³/mol. The molecular weight excluding hydrogens is 314 g/mol. The van der Waals surface area contributed by atoms with Crippen LogP contribution in [-0.2, 0) is 0 Å². The Hall–Kier alpha value is -2.80. The molecule has 0 spiro atoms. The Labute approximate surface area is 135 Å². The molecule has 2 aromatic carbocycles. The summed E-state index contributed by atoms with van der Waals surface area (Å²) in [5.41, 5.74) is 3.16. The van der Waals surface area contributed by atoms with Crippen LogP contribution < -0.4 is 5.32 Å². The summed E-state index contributed by atoms with van der Waals surface area (Å²) in [6.07, 6.45) is 0. The number of hydrogen-bond donors (Lipinski definition) is 1. The Morgan fingerprint density at radius 1 is 1.26 bits per heavy atom. The maximum absolute atomic E-state index is 12.3. The summed E-state index contributed by atoms with van der Waals surface area (Å²) in [4.78, 5) is 26.9. The van der Waals surface area contributed by atoms with Crippen molar-refractivity contribution >= 4 is 38.3 Å². The Bertz CT molecular complexity index is 933. The van der Waals surface area contributed by atoms with E-state index in [-0.39, 0.29) is 11.3 Å². The minimum absolute atomic E-state index is 0.117. The molecule has 0 atom stereocenters. The van der Waals surface area contributed by atoms with Gasteiger partial charge in [-0.15, -0.1) is 0 Å². The molecule has 0 unspecified atom stereocenters. The van der Waals surface area contributed by atoms with E-state index < -0.39 is 10.8 Å². The first-order chi connectivity index (χ1) is 10.9. The van der Waals surface area contributed by atoms with E-state index in [2.05, 4.69) is 16.4 Å². The lowest BCUT2D eigenvalue weighted by molar-refractivity contribution is -0.384. The van der Waals surface area contributed by atoms with Crippen molar-refractivity contribution in [2.24, 2.45) is 0 Å². The van der Waals surface area contributed by atoms with Gasteiger partial charge in [0, 0.05) is 17.7 Å². The fourth-order valence-electron chi connectivity index (χ4n) is 2.36. The summed E-state index contributed by atoms with van der Waals surface area (Å²) in [5.74, 6) is -0.415. The zero-order valence-corrected chi connectivity index (χ0v) is 13.3. The number of thiazole rings is 1. The molecule has 116 valence electrons. The van der Waals surface area contributed by atoms with E-state index in [1.807, 2.05) is 19.9 Å². The summed E-state index contributed by atoms with van der Waals surface area (Å²) in [6, 6.07) is 9.64. The number of carbonyl (C=O) groups excluding carboxylic acids is 1. The molecule has 0 aliphatic heterocycles. The Balaban J connectivity index is 1.90. The van der Waals surface area contributed by atoms with Crippen molar-refractivity contribution in [1.29, 1.82) is 0 Å². The zero-order valence-electron chi connectivity index (χ0n) is 12.5. The standard InChI is InChI=1S/C16H13N3O3S/c1-9-6-10(2)14-13(7-9)17-16(23-14)18-15(20)11-4-3-5-12(8-11)19(21)22/h3-8H,1-2H3,(H,17,18,20). The third kappa shape index (κ3) is 3.04. The molecule has 0 saturated carbocycles. The molecule has 0 aliphatic rings. The van der Waals surface area contributed by atoms with Gasteiger partial charge in [-0.2, -0.15) is 0 Å². The molecule has 3 rings (SSSR count). The molecule has 23 heavy (non-hydrogen) atoms. The number of non-ortho nitro benzene ring substituents is 1. The predicted octanol–water partition coefficient (Wildman–Crippen LogP) is 4.07. The lowest BCUT2D eigenvalue weighted by Gasteiger charge is -2.01. The molecule has 0 fully saturated rings. The largest absolute Gasteiger partial charge is 0.298 e. The third-order valence-corrected chi connectivity index (χ3v) is 4.48. The molecule has 0 saturated heterocycles. The van der Waals surface area contributed by atoms with Crippen molar-refractivity contribution in [2.75, 3.05) is 5.32 Å². The smallest absolute Gasteiger partial charge is 0.270 e. The number of amides is 1. The Kier molecular flexibility index (Phi) is 3.79. The summed E-state index contributed by atoms with van der Waals surface area (Å²) in [6.45, 7) is 3.99. The average Bonchev–Trinajstić information content (AvgIpc) is 2.90. The van der Waals surface area contributed by atoms with Gasteiger partial charge in [0.2, 0.25) is 0 Å². The number of fused-ring (bicyclic) bond motifs is 1. The van der Waals surface area contributed by atoms with Crippen LogP contribution in [0.3, 0.4) is 0 Å². The molecule has 7 heteroatoms. The van der Waals surface area contributed by atoms with Crippen LogP contribution in [0.5, 0.6) is 0 Å². The van der Waals surface area contributed by atoms with Crippen LogP contribution in [0.15, 0.2) is 36.4 Å². The second kappa shape index (κ2) is 5.77. The number of hydrogen-bond acceptors (Lipinski definition) is 5. The molecule has 0 radical (unpaired) electrons. The van der Waals surface area contributed by atoms with E-state index in [0.717, 1.165) is 21.3 Å². The Morgan fingerprint density at radius 3 is 2.78 bits per heavy atom. The van der Waals surface area contributed by atoms with Gasteiger partial charge in [0.1, 0.15) is 0 Å². The number of anilines is 1. The van der Waals surface area contributed by atoms with Gasteiger partial charge < -0.3 is 0 Å². The number of nitro groups is 1. The highest BCUT2D eigenvalue weighted by molar-refractivity contribution is 7.22. The second-order valence-electron chi connectivity index (χ2n) is 5.21. The lowest BCUT2D eigenvalue weighted by Crippen LogP contribution is -2.11. The second-order valence-corrected chi connectivity index (χ2v) is 6.21. The first-order valence-corrected chi connectivity index (χ1v) is 7.69. The number of aryl methyl sites for hydroxylation is 2. The van der Waals surface area contributed by atoms with Crippen LogP contribution in [0, 0.1) is 24.0 Å². The van der Waals surface area contributed by atoms with Crippen molar-refractivity contribution in [1.82, 2.24) is 4.98 Å². The van der Waals surface area contributed by atoms with E-state index in [9.17, 15) is 14.9 Å². The quantitative estimate of drug-likeness (QED) is 0.580. The van der Waals surface area contributed by atoms with Crippen LogP contribution in [0.4, 0.5) is 10.8 Å². The van der Waals surface area contributed by atoms with Crippen LogP contribution in [0.1, 0.15) is 21.5 Å². The topological polar surface area (TPSA) is 85.1 Å². The Morgan fingerprint density at radius 2 is 2.04 bits per heavy atom. The lowest BCUT2D eigenvalue weighted by atomic mass is 10.1. The highest BCUT2D eigenvalue weighted by Gasteiger charge is 2.14. The normalized spacial score (nSPS) is 10.7. The molecule has 0 bridgehead atoms. The summed E-state index contributed by atoms with van der Waals surface area (Å²) < 4.78 is 1.02. The summed E-state index contributed by atoms with van der Waals surface area (Å²) >= 11 is 1.39. The van der Waals surface area contributed by atoms with Gasteiger partial charge in [0.25, 0.3) is 11.6 Å². The van der Waals surface area contributed by atoms with Crippen molar-refractivity contribution in [3.05, 3.63) is 63.2 Å². The first-order valence-electron chi connectivity index (χ1n) is 6.87. The zero-order chi connectivity index (χ0) is 16.6. The maximum atomic E-state index is 12.3. The van der Waals surface area contributed by atoms with Crippen molar-refractivity contribution in [3.63, 3.8) is 0 Å². The van der Waals surface area contributed by atoms with E-state index >= 15 is 0 Å². The van der Waals surface area contributed by atoms with Crippen LogP contribution in [-0.4, -0.2) is 15.8 Å². The van der Waals surface area contributed by atoms with Crippen LogP contribution >= 0.6 is 11.3 Å². The highest BCUT2D eigenvalue weighted by Crippen LogP contribution is 2.30. The minimum atomic E-state index is -0.527. The van der Waals surface area contributed by atoms with Gasteiger partial charge in [-0.05, 0) is 37.1 Å². The molecule has 6 nitrogen and oxygen atoms in total. The third-order valence-electron chi connectivity index (χ3n) is 3.36. The number of carbonyl (C=O) groups is 1. The first kappa shape index (κ1) is 15.1. The van der Waals surface area contributed by atoms with E-state index in [4.69, 9.17) is 0 Å². The molecule has 1 amide bonds. The highest BCUT2D eigenvalue weighted by atomic mass is 32.1. The fraction of sp³-hybridized carbons (Fsp3) is 0.125. The number of rotatable bonds is 3. The van der Waals surface area contributed by atoms with Crippen LogP contribution in [0.25, 0.3) is 10.2 Å². The van der Waals surface area contributed by atoms with Crippen molar-refractivity contribution in [2.45, 2.75) is 13.8 Å². The average molecular weight is 327 g/mol. The SMILES string of the molecule is Cc1cc(C)c2sc(NC(=O)c3cccc([N+](=O)[O-])c3)nc2c1. The van der Waals surface area contributed by atoms with Gasteiger partial charge in [-0.25, -0.2) is 4.98 Å². The number of aromatic nitrogens is 1. The monoisotopic (exact) mass is 327 g/mol. The fourth-order valence-corrected chi connectivity index (χ4v) is 3.27. The number of nitro benzene ring substituents is 1. The minimum Gasteiger partial charge on any atom is -0.298 e. The number of benzene rings is 2. The van der Waals surface area contributed by atoms with E-state index in [1.165, 1.54) is 35.6 Å². The number of nitrogens with one attached hydrogen (secondary N) is 1. The molecule has 3 aromatic rings. The van der Waals surface area contributed by atoms with Gasteiger partial charge in [0.05, 0.1) is 15.1 Å². The molecular formula is C16H13N3O3S. The van der Waals surface area contributed by atoms with Gasteiger partial charge in [-0.1, -0.05) is 23.5 Å². The number of nitrogens with zero attached hydrogens (tertiary/aromatic N) is 2. The van der Waals surface area contributed by atoms with Crippen molar-refractivity contribution < 1.29 is 9.72 Å². The maximum Gasteiger partial charge on any atom is 0.270 e.